The van der Waals surface area contributed by atoms with Crippen LogP contribution in [0.1, 0.15) is 5.82 Å². The molecule has 0 spiro atoms. The minimum atomic E-state index is 0.0310. The van der Waals surface area contributed by atoms with Gasteiger partial charge < -0.3 is 9.80 Å². The average molecular weight is 272 g/mol. The zero-order valence-electron chi connectivity index (χ0n) is 12.3. The third kappa shape index (κ3) is 2.18. The van der Waals surface area contributed by atoms with Crippen LogP contribution >= 0.6 is 0 Å². The Morgan fingerprint density at radius 2 is 1.80 bits per heavy atom. The third-order valence-corrected chi connectivity index (χ3v) is 4.15. The second-order valence-corrected chi connectivity index (χ2v) is 5.51. The summed E-state index contributed by atoms with van der Waals surface area (Å²) in [6.07, 6.45) is 0. The molecule has 0 N–H and O–H groups in total. The van der Waals surface area contributed by atoms with E-state index < -0.39 is 0 Å². The molecule has 0 bridgehead atoms. The Kier molecular flexibility index (Phi) is 3.22. The van der Waals surface area contributed by atoms with Gasteiger partial charge >= 0.3 is 0 Å². The summed E-state index contributed by atoms with van der Waals surface area (Å²) in [6.45, 7) is 5.98. The number of likely N-dealkylation sites (N-methyl/N-ethyl adjacent to an activating group) is 1. The van der Waals surface area contributed by atoms with Gasteiger partial charge in [-0.15, -0.1) is 0 Å². The highest BCUT2D eigenvalue weighted by atomic mass is 16.1. The van der Waals surface area contributed by atoms with Gasteiger partial charge in [-0.2, -0.15) is 0 Å². The summed E-state index contributed by atoms with van der Waals surface area (Å²) in [6, 6.07) is 6.01. The van der Waals surface area contributed by atoms with Crippen LogP contribution in [-0.4, -0.2) is 47.7 Å². The minimum Gasteiger partial charge on any atom is -0.369 e. The number of rotatable bonds is 1. The number of benzene rings is 1. The molecule has 1 aromatic heterocycles. The maximum absolute atomic E-state index is 12.3. The van der Waals surface area contributed by atoms with Crippen molar-refractivity contribution in [3.8, 4) is 0 Å². The molecule has 5 nitrogen and oxygen atoms in total. The number of nitrogens with zero attached hydrogens (tertiary/aromatic N) is 4. The summed E-state index contributed by atoms with van der Waals surface area (Å²) in [5.74, 6) is 0.745. The minimum absolute atomic E-state index is 0.0310. The van der Waals surface area contributed by atoms with Crippen molar-refractivity contribution in [2.24, 2.45) is 7.05 Å². The van der Waals surface area contributed by atoms with Crippen LogP contribution in [-0.2, 0) is 7.05 Å². The van der Waals surface area contributed by atoms with Gasteiger partial charge in [-0.05, 0) is 32.2 Å². The van der Waals surface area contributed by atoms with Gasteiger partial charge in [0.05, 0.1) is 10.9 Å². The van der Waals surface area contributed by atoms with E-state index in [-0.39, 0.29) is 5.56 Å². The number of anilines is 1. The van der Waals surface area contributed by atoms with Gasteiger partial charge in [-0.25, -0.2) is 4.98 Å². The molecule has 1 fully saturated rings. The lowest BCUT2D eigenvalue weighted by Crippen LogP contribution is -2.44. The van der Waals surface area contributed by atoms with Crippen molar-refractivity contribution in [1.29, 1.82) is 0 Å². The molecule has 0 atom stereocenters. The molecule has 0 unspecified atom stereocenters. The highest BCUT2D eigenvalue weighted by Crippen LogP contribution is 2.20. The molecule has 5 heteroatoms. The number of aromatic nitrogens is 2. The molecule has 3 rings (SSSR count). The molecule has 0 saturated carbocycles. The second-order valence-electron chi connectivity index (χ2n) is 5.51. The van der Waals surface area contributed by atoms with Crippen molar-refractivity contribution in [2.45, 2.75) is 6.92 Å². The van der Waals surface area contributed by atoms with E-state index in [9.17, 15) is 4.79 Å². The van der Waals surface area contributed by atoms with Crippen LogP contribution in [0, 0.1) is 6.92 Å². The Balaban J connectivity index is 2.04. The summed E-state index contributed by atoms with van der Waals surface area (Å²) in [4.78, 5) is 21.5. The summed E-state index contributed by atoms with van der Waals surface area (Å²) in [7, 11) is 3.91. The maximum Gasteiger partial charge on any atom is 0.261 e. The Morgan fingerprint density at radius 1 is 1.10 bits per heavy atom. The van der Waals surface area contributed by atoms with Crippen molar-refractivity contribution >= 4 is 16.6 Å². The molecule has 1 aliphatic rings. The fourth-order valence-corrected chi connectivity index (χ4v) is 2.63. The normalized spacial score (nSPS) is 16.9. The first-order chi connectivity index (χ1) is 9.56. The standard InChI is InChI=1S/C15H20N4O/c1-11-16-14-5-4-12(10-13(14)15(20)18(11)3)19-8-6-17(2)7-9-19/h4-5,10H,6-9H2,1-3H3. The van der Waals surface area contributed by atoms with Gasteiger partial charge in [0.25, 0.3) is 5.56 Å². The SMILES string of the molecule is Cc1nc2ccc(N3CCN(C)CC3)cc2c(=O)n1C. The lowest BCUT2D eigenvalue weighted by molar-refractivity contribution is 0.313. The molecule has 1 aliphatic heterocycles. The van der Waals surface area contributed by atoms with E-state index in [2.05, 4.69) is 27.9 Å². The Hall–Kier alpha value is -1.88. The van der Waals surface area contributed by atoms with Gasteiger partial charge in [0.1, 0.15) is 5.82 Å². The molecule has 0 amide bonds. The number of aryl methyl sites for hydroxylation is 1. The molecule has 0 aliphatic carbocycles. The summed E-state index contributed by atoms with van der Waals surface area (Å²) in [5, 5.41) is 0.703. The lowest BCUT2D eigenvalue weighted by Gasteiger charge is -2.34. The van der Waals surface area contributed by atoms with Crippen LogP contribution in [0.15, 0.2) is 23.0 Å². The first-order valence-corrected chi connectivity index (χ1v) is 6.97. The highest BCUT2D eigenvalue weighted by Gasteiger charge is 2.15. The maximum atomic E-state index is 12.3. The molecule has 0 radical (unpaired) electrons. The number of piperazine rings is 1. The molecular weight excluding hydrogens is 252 g/mol. The van der Waals surface area contributed by atoms with Gasteiger partial charge in [0, 0.05) is 38.9 Å². The van der Waals surface area contributed by atoms with Crippen LogP contribution in [0.4, 0.5) is 5.69 Å². The summed E-state index contributed by atoms with van der Waals surface area (Å²) < 4.78 is 1.61. The lowest BCUT2D eigenvalue weighted by atomic mass is 10.2. The van der Waals surface area contributed by atoms with Gasteiger partial charge in [-0.1, -0.05) is 0 Å². The fraction of sp³-hybridized carbons (Fsp3) is 0.467. The molecule has 1 aromatic carbocycles. The van der Waals surface area contributed by atoms with E-state index in [1.807, 2.05) is 19.1 Å². The van der Waals surface area contributed by atoms with Crippen molar-refractivity contribution in [3.63, 3.8) is 0 Å². The molecular formula is C15H20N4O. The zero-order chi connectivity index (χ0) is 14.3. The van der Waals surface area contributed by atoms with Crippen LogP contribution in [0.25, 0.3) is 10.9 Å². The number of fused-ring (bicyclic) bond motifs is 1. The first-order valence-electron chi connectivity index (χ1n) is 6.97. The molecule has 106 valence electrons. The molecule has 1 saturated heterocycles. The topological polar surface area (TPSA) is 41.4 Å². The fourth-order valence-electron chi connectivity index (χ4n) is 2.63. The third-order valence-electron chi connectivity index (χ3n) is 4.15. The Labute approximate surface area is 118 Å². The first kappa shape index (κ1) is 13.1. The summed E-state index contributed by atoms with van der Waals surface area (Å²) in [5.41, 5.74) is 1.93. The average Bonchev–Trinajstić information content (AvgIpc) is 2.46. The number of hydrogen-bond donors (Lipinski definition) is 0. The van der Waals surface area contributed by atoms with Gasteiger partial charge in [0.2, 0.25) is 0 Å². The van der Waals surface area contributed by atoms with Crippen molar-refractivity contribution < 1.29 is 0 Å². The van der Waals surface area contributed by atoms with Crippen molar-refractivity contribution in [3.05, 3.63) is 34.4 Å². The van der Waals surface area contributed by atoms with E-state index in [4.69, 9.17) is 0 Å². The van der Waals surface area contributed by atoms with Crippen molar-refractivity contribution in [2.75, 3.05) is 38.1 Å². The van der Waals surface area contributed by atoms with Crippen LogP contribution in [0.3, 0.4) is 0 Å². The van der Waals surface area contributed by atoms with Crippen LogP contribution in [0.5, 0.6) is 0 Å². The largest absolute Gasteiger partial charge is 0.369 e. The monoisotopic (exact) mass is 272 g/mol. The number of hydrogen-bond acceptors (Lipinski definition) is 4. The smallest absolute Gasteiger partial charge is 0.261 e. The van der Waals surface area contributed by atoms with Crippen LogP contribution < -0.4 is 10.5 Å². The van der Waals surface area contributed by atoms with Gasteiger partial charge in [0.15, 0.2) is 0 Å². The molecule has 2 heterocycles. The predicted octanol–water partition coefficient (Wildman–Crippen LogP) is 0.994. The second kappa shape index (κ2) is 4.90. The van der Waals surface area contributed by atoms with E-state index >= 15 is 0 Å². The van der Waals surface area contributed by atoms with Crippen LogP contribution in [0.2, 0.25) is 0 Å². The predicted molar refractivity (Wildman–Crippen MR) is 81.4 cm³/mol. The Bertz CT molecular complexity index is 699. The molecule has 20 heavy (non-hydrogen) atoms. The molecule has 2 aromatic rings. The quantitative estimate of drug-likeness (QED) is 0.776. The van der Waals surface area contributed by atoms with E-state index in [0.717, 1.165) is 43.2 Å². The van der Waals surface area contributed by atoms with Gasteiger partial charge in [-0.3, -0.25) is 9.36 Å². The van der Waals surface area contributed by atoms with E-state index in [1.54, 1.807) is 11.6 Å². The zero-order valence-corrected chi connectivity index (χ0v) is 12.3. The Morgan fingerprint density at radius 3 is 2.50 bits per heavy atom. The van der Waals surface area contributed by atoms with Crippen molar-refractivity contribution in [1.82, 2.24) is 14.5 Å². The van der Waals surface area contributed by atoms with E-state index in [1.165, 1.54) is 0 Å². The highest BCUT2D eigenvalue weighted by molar-refractivity contribution is 5.81. The van der Waals surface area contributed by atoms with E-state index in [0.29, 0.717) is 5.39 Å². The summed E-state index contributed by atoms with van der Waals surface area (Å²) >= 11 is 0.